The summed E-state index contributed by atoms with van der Waals surface area (Å²) in [7, 11) is 0. The summed E-state index contributed by atoms with van der Waals surface area (Å²) in [6.07, 6.45) is -4.52. The number of ether oxygens (including phenoxy) is 1. The summed E-state index contributed by atoms with van der Waals surface area (Å²) in [5.41, 5.74) is 0. The van der Waals surface area contributed by atoms with Crippen LogP contribution in [0.3, 0.4) is 0 Å². The van der Waals surface area contributed by atoms with Crippen LogP contribution < -0.4 is 0 Å². The molecule has 1 unspecified atom stereocenters. The highest BCUT2D eigenvalue weighted by atomic mass is 19.3. The fourth-order valence-corrected chi connectivity index (χ4v) is 0.697. The van der Waals surface area contributed by atoms with Gasteiger partial charge in [-0.3, -0.25) is 0 Å². The maximum absolute atomic E-state index is 12.1. The summed E-state index contributed by atoms with van der Waals surface area (Å²) >= 11 is 0. The summed E-state index contributed by atoms with van der Waals surface area (Å²) in [4.78, 5) is 0. The van der Waals surface area contributed by atoms with Crippen molar-refractivity contribution in [2.24, 2.45) is 0 Å². The van der Waals surface area contributed by atoms with Gasteiger partial charge in [0.15, 0.2) is 0 Å². The standard InChI is InChI=1S/C6H8F4O/c7-5(8)6(9,10)2-1-4-3-11-4/h4-5H,1-3H2. The maximum atomic E-state index is 12.1. The molecule has 0 aromatic carbocycles. The lowest BCUT2D eigenvalue weighted by molar-refractivity contribution is -0.134. The molecule has 0 saturated carbocycles. The Hall–Kier alpha value is -0.320. The zero-order chi connectivity index (χ0) is 8.48. The molecule has 1 aliphatic rings. The van der Waals surface area contributed by atoms with Crippen LogP contribution in [0, 0.1) is 0 Å². The molecule has 0 bridgehead atoms. The third-order valence-corrected chi connectivity index (χ3v) is 1.52. The van der Waals surface area contributed by atoms with Gasteiger partial charge in [0.05, 0.1) is 12.7 Å². The lowest BCUT2D eigenvalue weighted by Crippen LogP contribution is -2.26. The van der Waals surface area contributed by atoms with E-state index < -0.39 is 18.8 Å². The monoisotopic (exact) mass is 172 g/mol. The van der Waals surface area contributed by atoms with Gasteiger partial charge >= 0.3 is 12.3 Å². The van der Waals surface area contributed by atoms with Crippen molar-refractivity contribution in [3.8, 4) is 0 Å². The Morgan fingerprint density at radius 2 is 2.00 bits per heavy atom. The number of halogens is 4. The first-order chi connectivity index (χ1) is 5.02. The second-order valence-electron chi connectivity index (χ2n) is 2.56. The second-order valence-corrected chi connectivity index (χ2v) is 2.56. The van der Waals surface area contributed by atoms with E-state index in [0.29, 0.717) is 6.61 Å². The average molecular weight is 172 g/mol. The van der Waals surface area contributed by atoms with Crippen molar-refractivity contribution >= 4 is 0 Å². The predicted octanol–water partition coefficient (Wildman–Crippen LogP) is 2.07. The molecule has 1 aliphatic heterocycles. The van der Waals surface area contributed by atoms with Gasteiger partial charge in [0.1, 0.15) is 0 Å². The predicted molar refractivity (Wildman–Crippen MR) is 29.9 cm³/mol. The van der Waals surface area contributed by atoms with E-state index in [-0.39, 0.29) is 12.5 Å². The molecule has 1 rings (SSSR count). The summed E-state index contributed by atoms with van der Waals surface area (Å²) < 4.78 is 51.8. The molecule has 0 radical (unpaired) electrons. The van der Waals surface area contributed by atoms with E-state index in [1.54, 1.807) is 0 Å². The van der Waals surface area contributed by atoms with E-state index >= 15 is 0 Å². The molecule has 0 aromatic heterocycles. The molecule has 0 spiro atoms. The molecule has 66 valence electrons. The van der Waals surface area contributed by atoms with Crippen molar-refractivity contribution in [3.63, 3.8) is 0 Å². The normalized spacial score (nSPS) is 24.3. The van der Waals surface area contributed by atoms with Crippen LogP contribution in [0.5, 0.6) is 0 Å². The fourth-order valence-electron chi connectivity index (χ4n) is 0.697. The largest absolute Gasteiger partial charge is 0.373 e. The molecule has 1 saturated heterocycles. The van der Waals surface area contributed by atoms with Gasteiger partial charge in [0, 0.05) is 6.42 Å². The molecule has 1 nitrogen and oxygen atoms in total. The Kier molecular flexibility index (Phi) is 2.37. The van der Waals surface area contributed by atoms with Crippen LogP contribution in [0.25, 0.3) is 0 Å². The van der Waals surface area contributed by atoms with Crippen molar-refractivity contribution in [3.05, 3.63) is 0 Å². The highest BCUT2D eigenvalue weighted by Crippen LogP contribution is 2.30. The van der Waals surface area contributed by atoms with Gasteiger partial charge in [-0.25, -0.2) is 17.6 Å². The zero-order valence-electron chi connectivity index (χ0n) is 5.70. The van der Waals surface area contributed by atoms with Crippen LogP contribution >= 0.6 is 0 Å². The smallest absolute Gasteiger partial charge is 0.307 e. The molecule has 0 N–H and O–H groups in total. The number of hydrogen-bond acceptors (Lipinski definition) is 1. The first-order valence-electron chi connectivity index (χ1n) is 3.30. The van der Waals surface area contributed by atoms with E-state index in [1.807, 2.05) is 0 Å². The van der Waals surface area contributed by atoms with Crippen LogP contribution in [0.4, 0.5) is 17.6 Å². The highest BCUT2D eigenvalue weighted by molar-refractivity contribution is 4.76. The molecule has 1 heterocycles. The number of epoxide rings is 1. The molecule has 0 amide bonds. The summed E-state index contributed by atoms with van der Waals surface area (Å²) in [5.74, 6) is -3.84. The average Bonchev–Trinajstić information content (AvgIpc) is 2.65. The second kappa shape index (κ2) is 2.97. The van der Waals surface area contributed by atoms with Gasteiger partial charge in [-0.2, -0.15) is 0 Å². The number of hydrogen-bond donors (Lipinski definition) is 0. The SMILES string of the molecule is FC(F)C(F)(F)CCC1CO1. The molecule has 11 heavy (non-hydrogen) atoms. The third-order valence-electron chi connectivity index (χ3n) is 1.52. The minimum atomic E-state index is -3.84. The molecule has 0 aliphatic carbocycles. The fraction of sp³-hybridized carbons (Fsp3) is 1.00. The van der Waals surface area contributed by atoms with Gasteiger partial charge in [0.2, 0.25) is 0 Å². The van der Waals surface area contributed by atoms with E-state index in [2.05, 4.69) is 4.74 Å². The lowest BCUT2D eigenvalue weighted by Gasteiger charge is -2.13. The Balaban J connectivity index is 2.20. The van der Waals surface area contributed by atoms with Crippen molar-refractivity contribution in [2.75, 3.05) is 6.61 Å². The topological polar surface area (TPSA) is 12.5 Å². The zero-order valence-corrected chi connectivity index (χ0v) is 5.70. The van der Waals surface area contributed by atoms with Crippen molar-refractivity contribution < 1.29 is 22.3 Å². The van der Waals surface area contributed by atoms with Crippen molar-refractivity contribution in [2.45, 2.75) is 31.3 Å². The van der Waals surface area contributed by atoms with Crippen molar-refractivity contribution in [1.29, 1.82) is 0 Å². The van der Waals surface area contributed by atoms with Gasteiger partial charge in [-0.15, -0.1) is 0 Å². The van der Waals surface area contributed by atoms with Crippen LogP contribution in [0.15, 0.2) is 0 Å². The van der Waals surface area contributed by atoms with E-state index in [1.165, 1.54) is 0 Å². The van der Waals surface area contributed by atoms with Crippen LogP contribution in [0.1, 0.15) is 12.8 Å². The number of rotatable bonds is 4. The molecule has 5 heteroatoms. The quantitative estimate of drug-likeness (QED) is 0.467. The van der Waals surface area contributed by atoms with Gasteiger partial charge in [0.25, 0.3) is 0 Å². The minimum Gasteiger partial charge on any atom is -0.373 e. The maximum Gasteiger partial charge on any atom is 0.307 e. The van der Waals surface area contributed by atoms with Gasteiger partial charge in [-0.05, 0) is 6.42 Å². The summed E-state index contributed by atoms with van der Waals surface area (Å²) in [6.45, 7) is 0.430. The van der Waals surface area contributed by atoms with Gasteiger partial charge < -0.3 is 4.74 Å². The van der Waals surface area contributed by atoms with E-state index in [0.717, 1.165) is 0 Å². The van der Waals surface area contributed by atoms with Crippen LogP contribution in [-0.2, 0) is 4.74 Å². The lowest BCUT2D eigenvalue weighted by atomic mass is 10.1. The van der Waals surface area contributed by atoms with Crippen molar-refractivity contribution in [1.82, 2.24) is 0 Å². The molecular weight excluding hydrogens is 164 g/mol. The van der Waals surface area contributed by atoms with E-state index in [4.69, 9.17) is 0 Å². The van der Waals surface area contributed by atoms with Crippen LogP contribution in [-0.4, -0.2) is 25.1 Å². The molecule has 1 atom stereocenters. The summed E-state index contributed by atoms with van der Waals surface area (Å²) in [6, 6.07) is 0. The Morgan fingerprint density at radius 1 is 1.45 bits per heavy atom. The summed E-state index contributed by atoms with van der Waals surface area (Å²) in [5, 5.41) is 0. The molecule has 1 fully saturated rings. The third kappa shape index (κ3) is 2.65. The van der Waals surface area contributed by atoms with Crippen LogP contribution in [0.2, 0.25) is 0 Å². The number of alkyl halides is 4. The molecular formula is C6H8F4O. The Bertz CT molecular complexity index is 133. The first-order valence-corrected chi connectivity index (χ1v) is 3.30. The Labute approximate surface area is 61.3 Å². The van der Waals surface area contributed by atoms with Gasteiger partial charge in [-0.1, -0.05) is 0 Å². The minimum absolute atomic E-state index is 0.0251. The highest BCUT2D eigenvalue weighted by Gasteiger charge is 2.41. The van der Waals surface area contributed by atoms with E-state index in [9.17, 15) is 17.6 Å². The first kappa shape index (κ1) is 8.77. The Morgan fingerprint density at radius 3 is 2.36 bits per heavy atom. The molecule has 0 aromatic rings.